The lowest BCUT2D eigenvalue weighted by molar-refractivity contribution is -0.165. The highest BCUT2D eigenvalue weighted by atomic mass is 32.2. The minimum Gasteiger partial charge on any atom is -0.285 e. The molecule has 6 heteroatoms. The molecule has 0 unspecified atom stereocenters. The van der Waals surface area contributed by atoms with E-state index in [2.05, 4.69) is 0 Å². The molecule has 0 aliphatic carbocycles. The normalized spacial score (nSPS) is 11.1. The third-order valence-electron chi connectivity index (χ3n) is 0.931. The van der Waals surface area contributed by atoms with Crippen LogP contribution in [-0.2, 0) is 4.79 Å². The Hall–Kier alpha value is -0.100. The highest BCUT2D eigenvalue weighted by Crippen LogP contribution is 2.26. The number of ketones is 1. The number of carbonyl (C=O) groups is 1. The summed E-state index contributed by atoms with van der Waals surface area (Å²) in [6.07, 6.45) is -0.913. The number of carbonyl (C=O) groups excluding carboxylic acids is 1. The standard InChI is InChI=1S/C6H7F3OS2/c1-11-5(12-2)3-4(10)6(7,8)9/h3H,1-2H3. The Morgan fingerprint density at radius 3 is 1.92 bits per heavy atom. The molecule has 0 aliphatic rings. The summed E-state index contributed by atoms with van der Waals surface area (Å²) in [5.74, 6) is -1.80. The maximum absolute atomic E-state index is 11.7. The number of allylic oxidation sites excluding steroid dienone is 1. The van der Waals surface area contributed by atoms with Crippen LogP contribution in [0.15, 0.2) is 10.3 Å². The van der Waals surface area contributed by atoms with Crippen molar-refractivity contribution in [1.82, 2.24) is 0 Å². The SMILES string of the molecule is CSC(=CC(=O)C(F)(F)F)SC. The molecule has 0 aromatic heterocycles. The maximum atomic E-state index is 11.7. The summed E-state index contributed by atoms with van der Waals surface area (Å²) in [5, 5.41) is 0. The van der Waals surface area contributed by atoms with Crippen LogP contribution in [0.3, 0.4) is 0 Å². The summed E-state index contributed by atoms with van der Waals surface area (Å²) in [4.78, 5) is 10.4. The van der Waals surface area contributed by atoms with Gasteiger partial charge in [0.05, 0.1) is 0 Å². The molecule has 0 aromatic rings. The van der Waals surface area contributed by atoms with Crippen molar-refractivity contribution in [1.29, 1.82) is 0 Å². The molecule has 0 saturated heterocycles. The smallest absolute Gasteiger partial charge is 0.285 e. The zero-order valence-electron chi connectivity index (χ0n) is 6.44. The fraction of sp³-hybridized carbons (Fsp3) is 0.500. The topological polar surface area (TPSA) is 17.1 Å². The zero-order valence-corrected chi connectivity index (χ0v) is 8.07. The Balaban J connectivity index is 4.42. The third kappa shape index (κ3) is 4.06. The third-order valence-corrected chi connectivity index (χ3v) is 2.97. The number of alkyl halides is 3. The van der Waals surface area contributed by atoms with Crippen molar-refractivity contribution in [2.24, 2.45) is 0 Å². The van der Waals surface area contributed by atoms with Gasteiger partial charge in [-0.3, -0.25) is 4.79 Å². The van der Waals surface area contributed by atoms with Crippen molar-refractivity contribution >= 4 is 29.3 Å². The van der Waals surface area contributed by atoms with Gasteiger partial charge in [0.25, 0.3) is 5.78 Å². The van der Waals surface area contributed by atoms with Gasteiger partial charge in [0.15, 0.2) is 0 Å². The summed E-state index contributed by atoms with van der Waals surface area (Å²) < 4.78 is 35.4. The molecule has 0 atom stereocenters. The molecule has 12 heavy (non-hydrogen) atoms. The lowest BCUT2D eigenvalue weighted by Crippen LogP contribution is -2.20. The van der Waals surface area contributed by atoms with Gasteiger partial charge in [-0.05, 0) is 12.5 Å². The molecule has 0 N–H and O–H groups in total. The van der Waals surface area contributed by atoms with Gasteiger partial charge < -0.3 is 0 Å². The van der Waals surface area contributed by atoms with E-state index in [-0.39, 0.29) is 0 Å². The summed E-state index contributed by atoms with van der Waals surface area (Å²) in [6.45, 7) is 0. The fourth-order valence-corrected chi connectivity index (χ4v) is 1.51. The molecule has 0 aromatic carbocycles. The van der Waals surface area contributed by atoms with Gasteiger partial charge in [-0.15, -0.1) is 23.5 Å². The van der Waals surface area contributed by atoms with Crippen LogP contribution >= 0.6 is 23.5 Å². The van der Waals surface area contributed by atoms with Crippen molar-refractivity contribution in [3.63, 3.8) is 0 Å². The van der Waals surface area contributed by atoms with Gasteiger partial charge in [-0.2, -0.15) is 13.2 Å². The molecule has 0 heterocycles. The van der Waals surface area contributed by atoms with E-state index in [1.54, 1.807) is 12.5 Å². The second-order valence-electron chi connectivity index (χ2n) is 1.73. The van der Waals surface area contributed by atoms with Crippen LogP contribution in [-0.4, -0.2) is 24.5 Å². The van der Waals surface area contributed by atoms with Crippen LogP contribution < -0.4 is 0 Å². The van der Waals surface area contributed by atoms with E-state index in [0.29, 0.717) is 10.3 Å². The molecular weight excluding hydrogens is 209 g/mol. The first-order chi connectivity index (χ1) is 5.41. The highest BCUT2D eigenvalue weighted by Gasteiger charge is 2.36. The van der Waals surface area contributed by atoms with E-state index < -0.39 is 12.0 Å². The minimum atomic E-state index is -4.75. The van der Waals surface area contributed by atoms with Crippen molar-refractivity contribution in [3.8, 4) is 0 Å². The van der Waals surface area contributed by atoms with Gasteiger partial charge in [0.2, 0.25) is 0 Å². The number of hydrogen-bond donors (Lipinski definition) is 0. The van der Waals surface area contributed by atoms with Crippen LogP contribution in [0.1, 0.15) is 0 Å². The average molecular weight is 216 g/mol. The fourth-order valence-electron chi connectivity index (χ4n) is 0.390. The molecule has 0 fully saturated rings. The minimum absolute atomic E-state index is 0.359. The average Bonchev–Trinajstić information content (AvgIpc) is 1.97. The largest absolute Gasteiger partial charge is 0.454 e. The summed E-state index contributed by atoms with van der Waals surface area (Å²) in [7, 11) is 0. The molecule has 0 radical (unpaired) electrons. The summed E-state index contributed by atoms with van der Waals surface area (Å²) in [5.41, 5.74) is 0. The van der Waals surface area contributed by atoms with E-state index >= 15 is 0 Å². The van der Waals surface area contributed by atoms with Gasteiger partial charge in [-0.25, -0.2) is 0 Å². The van der Waals surface area contributed by atoms with Crippen molar-refractivity contribution < 1.29 is 18.0 Å². The lowest BCUT2D eigenvalue weighted by Gasteiger charge is -2.02. The van der Waals surface area contributed by atoms with Crippen molar-refractivity contribution in [2.75, 3.05) is 12.5 Å². The van der Waals surface area contributed by atoms with Gasteiger partial charge >= 0.3 is 6.18 Å². The first kappa shape index (κ1) is 11.9. The Morgan fingerprint density at radius 2 is 1.67 bits per heavy atom. The summed E-state index contributed by atoms with van der Waals surface area (Å²) in [6, 6.07) is 0. The number of thioether (sulfide) groups is 2. The molecule has 1 nitrogen and oxygen atoms in total. The predicted molar refractivity (Wildman–Crippen MR) is 46.2 cm³/mol. The molecule has 0 bridgehead atoms. The van der Waals surface area contributed by atoms with Gasteiger partial charge in [0, 0.05) is 10.3 Å². The van der Waals surface area contributed by atoms with E-state index in [0.717, 1.165) is 23.5 Å². The predicted octanol–water partition coefficient (Wildman–Crippen LogP) is 2.69. The Bertz CT molecular complexity index is 191. The van der Waals surface area contributed by atoms with Gasteiger partial charge in [0.1, 0.15) is 0 Å². The number of rotatable bonds is 3. The first-order valence-electron chi connectivity index (χ1n) is 2.82. The van der Waals surface area contributed by atoms with Crippen LogP contribution in [0.25, 0.3) is 0 Å². The van der Waals surface area contributed by atoms with Crippen LogP contribution in [0.5, 0.6) is 0 Å². The van der Waals surface area contributed by atoms with Crippen molar-refractivity contribution in [2.45, 2.75) is 6.18 Å². The van der Waals surface area contributed by atoms with E-state index in [9.17, 15) is 18.0 Å². The molecular formula is C6H7F3OS2. The zero-order chi connectivity index (χ0) is 9.78. The molecule has 70 valence electrons. The molecule has 0 amide bonds. The molecule has 0 saturated carbocycles. The van der Waals surface area contributed by atoms with Crippen LogP contribution in [0.4, 0.5) is 13.2 Å². The quantitative estimate of drug-likeness (QED) is 0.675. The molecule has 0 rings (SSSR count). The van der Waals surface area contributed by atoms with E-state index in [1.807, 2.05) is 0 Å². The van der Waals surface area contributed by atoms with E-state index in [4.69, 9.17) is 0 Å². The highest BCUT2D eigenvalue weighted by molar-refractivity contribution is 8.21. The summed E-state index contributed by atoms with van der Waals surface area (Å²) >= 11 is 2.24. The first-order valence-corrected chi connectivity index (χ1v) is 5.27. The molecule has 0 aliphatic heterocycles. The Labute approximate surface area is 76.8 Å². The van der Waals surface area contributed by atoms with Crippen molar-refractivity contribution in [3.05, 3.63) is 10.3 Å². The second kappa shape index (κ2) is 4.81. The van der Waals surface area contributed by atoms with Crippen LogP contribution in [0.2, 0.25) is 0 Å². The lowest BCUT2D eigenvalue weighted by atomic mass is 10.4. The molecule has 0 spiro atoms. The second-order valence-corrected chi connectivity index (χ2v) is 3.69. The monoisotopic (exact) mass is 216 g/mol. The number of halogens is 3. The number of hydrogen-bond acceptors (Lipinski definition) is 3. The van der Waals surface area contributed by atoms with Crippen LogP contribution in [0, 0.1) is 0 Å². The van der Waals surface area contributed by atoms with Gasteiger partial charge in [-0.1, -0.05) is 0 Å². The van der Waals surface area contributed by atoms with E-state index in [1.165, 1.54) is 0 Å². The Kier molecular flexibility index (Phi) is 4.77. The Morgan fingerprint density at radius 1 is 1.25 bits per heavy atom. The maximum Gasteiger partial charge on any atom is 0.454 e.